The summed E-state index contributed by atoms with van der Waals surface area (Å²) in [4.78, 5) is 28.7. The van der Waals surface area contributed by atoms with E-state index in [1.54, 1.807) is 17.9 Å². The lowest BCUT2D eigenvalue weighted by Gasteiger charge is -2.33. The molecule has 6 heteroatoms. The summed E-state index contributed by atoms with van der Waals surface area (Å²) < 4.78 is 5.44. The van der Waals surface area contributed by atoms with Gasteiger partial charge in [-0.1, -0.05) is 29.8 Å². The lowest BCUT2D eigenvalue weighted by Crippen LogP contribution is -2.40. The van der Waals surface area contributed by atoms with Crippen LogP contribution in [0.5, 0.6) is 0 Å². The minimum absolute atomic E-state index is 0.0505. The fraction of sp³-hybridized carbons (Fsp3) is 0.364. The van der Waals surface area contributed by atoms with E-state index in [9.17, 15) is 9.59 Å². The Morgan fingerprint density at radius 3 is 2.57 bits per heavy atom. The Morgan fingerprint density at radius 1 is 1.11 bits per heavy atom. The van der Waals surface area contributed by atoms with Crippen LogP contribution < -0.4 is 15.1 Å². The smallest absolute Gasteiger partial charge is 0.251 e. The van der Waals surface area contributed by atoms with Crippen molar-refractivity contribution in [3.8, 4) is 0 Å². The van der Waals surface area contributed by atoms with Gasteiger partial charge in [0, 0.05) is 38.7 Å². The van der Waals surface area contributed by atoms with Gasteiger partial charge < -0.3 is 19.9 Å². The molecule has 0 atom stereocenters. The molecule has 2 aromatic carbocycles. The number of aryl methyl sites for hydroxylation is 1. The average molecular weight is 381 g/mol. The number of amides is 2. The summed E-state index contributed by atoms with van der Waals surface area (Å²) >= 11 is 0. The number of ether oxygens (including phenoxy) is 1. The molecule has 0 bridgehead atoms. The van der Waals surface area contributed by atoms with E-state index in [1.807, 2.05) is 49.4 Å². The lowest BCUT2D eigenvalue weighted by atomic mass is 10.1. The summed E-state index contributed by atoms with van der Waals surface area (Å²) in [6.07, 6.45) is 0. The number of carbonyl (C=O) groups excluding carboxylic acids is 2. The van der Waals surface area contributed by atoms with E-state index in [0.717, 1.165) is 30.0 Å². The van der Waals surface area contributed by atoms with Crippen molar-refractivity contribution < 1.29 is 14.3 Å². The van der Waals surface area contributed by atoms with Crippen LogP contribution in [0.25, 0.3) is 0 Å². The fourth-order valence-electron chi connectivity index (χ4n) is 3.38. The average Bonchev–Trinajstić information content (AvgIpc) is 2.71. The highest BCUT2D eigenvalue weighted by Crippen LogP contribution is 2.29. The summed E-state index contributed by atoms with van der Waals surface area (Å²) in [6.45, 7) is 7.26. The third kappa shape index (κ3) is 4.89. The SMILES string of the molecule is CC(=O)N(CCNC(=O)c1cccc(C)c1)c1ccccc1N1CCOCC1. The maximum atomic E-state index is 12.4. The zero-order valence-electron chi connectivity index (χ0n) is 16.5. The first-order valence-corrected chi connectivity index (χ1v) is 9.61. The third-order valence-electron chi connectivity index (χ3n) is 4.81. The van der Waals surface area contributed by atoms with Gasteiger partial charge in [0.1, 0.15) is 0 Å². The van der Waals surface area contributed by atoms with Gasteiger partial charge in [-0.3, -0.25) is 9.59 Å². The highest BCUT2D eigenvalue weighted by Gasteiger charge is 2.20. The molecule has 0 aliphatic carbocycles. The van der Waals surface area contributed by atoms with Gasteiger partial charge in [0.15, 0.2) is 0 Å². The van der Waals surface area contributed by atoms with E-state index in [4.69, 9.17) is 4.74 Å². The second-order valence-corrected chi connectivity index (χ2v) is 6.88. The molecule has 3 rings (SSSR count). The summed E-state index contributed by atoms with van der Waals surface area (Å²) in [5, 5.41) is 2.91. The predicted molar refractivity (Wildman–Crippen MR) is 111 cm³/mol. The molecule has 2 aromatic rings. The second-order valence-electron chi connectivity index (χ2n) is 6.88. The Hall–Kier alpha value is -2.86. The highest BCUT2D eigenvalue weighted by molar-refractivity contribution is 5.96. The summed E-state index contributed by atoms with van der Waals surface area (Å²) in [6, 6.07) is 15.4. The molecule has 0 unspecified atom stereocenters. The first-order valence-electron chi connectivity index (χ1n) is 9.61. The van der Waals surface area contributed by atoms with E-state index < -0.39 is 0 Å². The van der Waals surface area contributed by atoms with E-state index in [-0.39, 0.29) is 11.8 Å². The Morgan fingerprint density at radius 2 is 1.86 bits per heavy atom. The molecule has 1 saturated heterocycles. The van der Waals surface area contributed by atoms with E-state index >= 15 is 0 Å². The predicted octanol–water partition coefficient (Wildman–Crippen LogP) is 2.61. The van der Waals surface area contributed by atoms with Gasteiger partial charge in [0.25, 0.3) is 5.91 Å². The van der Waals surface area contributed by atoms with Crippen LogP contribution in [0.2, 0.25) is 0 Å². The van der Waals surface area contributed by atoms with Crippen molar-refractivity contribution in [3.63, 3.8) is 0 Å². The minimum Gasteiger partial charge on any atom is -0.378 e. The van der Waals surface area contributed by atoms with E-state index in [1.165, 1.54) is 0 Å². The van der Waals surface area contributed by atoms with Crippen molar-refractivity contribution in [2.24, 2.45) is 0 Å². The molecule has 148 valence electrons. The number of anilines is 2. The normalized spacial score (nSPS) is 13.9. The van der Waals surface area contributed by atoms with Gasteiger partial charge in [-0.15, -0.1) is 0 Å². The number of benzene rings is 2. The number of carbonyl (C=O) groups is 2. The molecule has 1 heterocycles. The Bertz CT molecular complexity index is 831. The van der Waals surface area contributed by atoms with Crippen molar-refractivity contribution >= 4 is 23.2 Å². The number of hydrogen-bond donors (Lipinski definition) is 1. The van der Waals surface area contributed by atoms with Crippen molar-refractivity contribution in [2.75, 3.05) is 49.2 Å². The van der Waals surface area contributed by atoms with Gasteiger partial charge in [-0.25, -0.2) is 0 Å². The van der Waals surface area contributed by atoms with Crippen molar-refractivity contribution in [2.45, 2.75) is 13.8 Å². The maximum absolute atomic E-state index is 12.4. The molecule has 1 aliphatic heterocycles. The standard InChI is InChI=1S/C22H27N3O3/c1-17-6-5-7-19(16-17)22(27)23-10-11-25(18(2)26)21-9-4-3-8-20(21)24-12-14-28-15-13-24/h3-9,16H,10-15H2,1-2H3,(H,23,27). The van der Waals surface area contributed by atoms with E-state index in [2.05, 4.69) is 10.2 Å². The molecule has 28 heavy (non-hydrogen) atoms. The molecule has 1 N–H and O–H groups in total. The molecule has 6 nitrogen and oxygen atoms in total. The monoisotopic (exact) mass is 381 g/mol. The number of morpholine rings is 1. The van der Waals surface area contributed by atoms with Gasteiger partial charge in [0.2, 0.25) is 5.91 Å². The van der Waals surface area contributed by atoms with Crippen molar-refractivity contribution in [3.05, 3.63) is 59.7 Å². The van der Waals surface area contributed by atoms with Crippen LogP contribution in [0, 0.1) is 6.92 Å². The summed E-state index contributed by atoms with van der Waals surface area (Å²) in [5.74, 6) is -0.181. The first kappa shape index (κ1) is 19.9. The maximum Gasteiger partial charge on any atom is 0.251 e. The Balaban J connectivity index is 1.69. The molecule has 1 fully saturated rings. The Labute approximate surface area is 166 Å². The highest BCUT2D eigenvalue weighted by atomic mass is 16.5. The summed E-state index contributed by atoms with van der Waals surface area (Å²) in [7, 11) is 0. The molecule has 2 amide bonds. The number of rotatable bonds is 6. The van der Waals surface area contributed by atoms with Gasteiger partial charge in [-0.05, 0) is 31.2 Å². The lowest BCUT2D eigenvalue weighted by molar-refractivity contribution is -0.116. The molecule has 0 aromatic heterocycles. The van der Waals surface area contributed by atoms with E-state index in [0.29, 0.717) is 31.9 Å². The second kappa shape index (κ2) is 9.37. The van der Waals surface area contributed by atoms with Crippen molar-refractivity contribution in [1.29, 1.82) is 0 Å². The minimum atomic E-state index is -0.131. The molecule has 0 spiro atoms. The van der Waals surface area contributed by atoms with Crippen LogP contribution in [-0.4, -0.2) is 51.2 Å². The largest absolute Gasteiger partial charge is 0.378 e. The van der Waals surface area contributed by atoms with Crippen LogP contribution in [-0.2, 0) is 9.53 Å². The third-order valence-corrected chi connectivity index (χ3v) is 4.81. The van der Waals surface area contributed by atoms with Gasteiger partial charge in [0.05, 0.1) is 24.6 Å². The first-order chi connectivity index (χ1) is 13.6. The van der Waals surface area contributed by atoms with Gasteiger partial charge >= 0.3 is 0 Å². The van der Waals surface area contributed by atoms with Crippen molar-refractivity contribution in [1.82, 2.24) is 5.32 Å². The van der Waals surface area contributed by atoms with Crippen LogP contribution in [0.15, 0.2) is 48.5 Å². The number of nitrogens with one attached hydrogen (secondary N) is 1. The number of nitrogens with zero attached hydrogens (tertiary/aromatic N) is 2. The molecular formula is C22H27N3O3. The molecule has 0 radical (unpaired) electrons. The van der Waals surface area contributed by atoms with Crippen LogP contribution in [0.1, 0.15) is 22.8 Å². The molecular weight excluding hydrogens is 354 g/mol. The summed E-state index contributed by atoms with van der Waals surface area (Å²) in [5.41, 5.74) is 3.55. The topological polar surface area (TPSA) is 61.9 Å². The number of hydrogen-bond acceptors (Lipinski definition) is 4. The zero-order valence-corrected chi connectivity index (χ0v) is 16.5. The van der Waals surface area contributed by atoms with Gasteiger partial charge in [-0.2, -0.15) is 0 Å². The fourth-order valence-corrected chi connectivity index (χ4v) is 3.38. The molecule has 1 aliphatic rings. The van der Waals surface area contributed by atoms with Crippen LogP contribution in [0.3, 0.4) is 0 Å². The Kier molecular flexibility index (Phi) is 6.66. The van der Waals surface area contributed by atoms with Crippen LogP contribution in [0.4, 0.5) is 11.4 Å². The quantitative estimate of drug-likeness (QED) is 0.836. The number of para-hydroxylation sites is 2. The zero-order chi connectivity index (χ0) is 19.9. The molecule has 0 saturated carbocycles. The van der Waals surface area contributed by atoms with Crippen LogP contribution >= 0.6 is 0 Å².